The monoisotopic (exact) mass is 182 g/mol. The smallest absolute Gasteiger partial charge is 0.271 e. The molecule has 0 spiro atoms. The van der Waals surface area contributed by atoms with E-state index in [0.717, 1.165) is 5.56 Å². The average Bonchev–Trinajstić information content (AvgIpc) is 2.07. The molecular weight excluding hydrogens is 172 g/mol. The lowest BCUT2D eigenvalue weighted by Crippen LogP contribution is -2.10. The van der Waals surface area contributed by atoms with Crippen LogP contribution in [0.25, 0.3) is 6.08 Å². The molecule has 1 aromatic rings. The maximum atomic E-state index is 10.8. The maximum absolute atomic E-state index is 10.8. The van der Waals surface area contributed by atoms with Gasteiger partial charge in [-0.15, -0.1) is 0 Å². The molecule has 0 fully saturated rings. The molecule has 0 aliphatic carbocycles. The summed E-state index contributed by atoms with van der Waals surface area (Å²) in [5.74, 6) is 0.666. The van der Waals surface area contributed by atoms with Crippen molar-refractivity contribution in [1.29, 1.82) is 0 Å². The van der Waals surface area contributed by atoms with E-state index in [1.807, 2.05) is 12.2 Å². The van der Waals surface area contributed by atoms with Gasteiger partial charge in [0.1, 0.15) is 0 Å². The van der Waals surface area contributed by atoms with Gasteiger partial charge >= 0.3 is 0 Å². The van der Waals surface area contributed by atoms with E-state index in [9.17, 15) is 4.79 Å². The van der Waals surface area contributed by atoms with Crippen molar-refractivity contribution in [3.63, 3.8) is 0 Å². The quantitative estimate of drug-likeness (QED) is 0.595. The molecule has 0 bridgehead atoms. The Morgan fingerprint density at radius 1 is 1.67 bits per heavy atom. The number of nitrogens with one attached hydrogen (secondary N) is 1. The summed E-state index contributed by atoms with van der Waals surface area (Å²) in [7, 11) is 0. The minimum absolute atomic E-state index is 0.233. The number of nitrogens with two attached hydrogens (primary N) is 1. The molecule has 0 saturated carbocycles. The van der Waals surface area contributed by atoms with Gasteiger partial charge in [-0.1, -0.05) is 12.2 Å². The molecule has 0 unspecified atom stereocenters. The fourth-order valence-corrected chi connectivity index (χ4v) is 0.909. The zero-order valence-corrected chi connectivity index (χ0v) is 7.34. The Kier molecular flexibility index (Phi) is 2.99. The Bertz CT molecular complexity index is 343. The highest BCUT2D eigenvalue weighted by Crippen LogP contribution is 2.01. The van der Waals surface area contributed by atoms with Crippen molar-refractivity contribution in [2.45, 2.75) is 0 Å². The van der Waals surface area contributed by atoms with Crippen LogP contribution in [0.2, 0.25) is 0 Å². The standard InChI is InChI=1S/C8H10N2OS/c9-7-4-6(2-1-3-12)5-10-8(7)11/h1-2,4-5,12H,3,9H2,(H,10,11). The number of anilines is 1. The van der Waals surface area contributed by atoms with Gasteiger partial charge in [0.05, 0.1) is 5.69 Å². The Labute approximate surface area is 75.7 Å². The lowest BCUT2D eigenvalue weighted by Gasteiger charge is -1.93. The second-order valence-electron chi connectivity index (χ2n) is 2.30. The first-order valence-electron chi connectivity index (χ1n) is 3.49. The molecule has 3 nitrogen and oxygen atoms in total. The van der Waals surface area contributed by atoms with E-state index in [0.29, 0.717) is 5.75 Å². The topological polar surface area (TPSA) is 58.9 Å². The minimum atomic E-state index is -0.252. The van der Waals surface area contributed by atoms with Crippen molar-refractivity contribution in [3.05, 3.63) is 34.3 Å². The number of pyridine rings is 1. The van der Waals surface area contributed by atoms with E-state index in [2.05, 4.69) is 17.6 Å². The van der Waals surface area contributed by atoms with Crippen molar-refractivity contribution in [2.75, 3.05) is 11.5 Å². The van der Waals surface area contributed by atoms with Crippen LogP contribution in [0.15, 0.2) is 23.1 Å². The zero-order chi connectivity index (χ0) is 8.97. The average molecular weight is 182 g/mol. The van der Waals surface area contributed by atoms with Gasteiger partial charge in [-0.2, -0.15) is 12.6 Å². The van der Waals surface area contributed by atoms with Gasteiger partial charge in [-0.3, -0.25) is 4.79 Å². The Morgan fingerprint density at radius 2 is 2.42 bits per heavy atom. The molecule has 3 N–H and O–H groups in total. The van der Waals surface area contributed by atoms with Crippen LogP contribution in [0.1, 0.15) is 5.56 Å². The summed E-state index contributed by atoms with van der Waals surface area (Å²) in [6.07, 6.45) is 5.33. The van der Waals surface area contributed by atoms with Crippen LogP contribution in [-0.4, -0.2) is 10.7 Å². The highest BCUT2D eigenvalue weighted by Gasteiger charge is 1.92. The van der Waals surface area contributed by atoms with Gasteiger partial charge in [-0.25, -0.2) is 0 Å². The summed E-state index contributed by atoms with van der Waals surface area (Å²) >= 11 is 4.01. The fourth-order valence-electron chi connectivity index (χ4n) is 0.804. The number of H-pyrrole nitrogens is 1. The summed E-state index contributed by atoms with van der Waals surface area (Å²) < 4.78 is 0. The highest BCUT2D eigenvalue weighted by atomic mass is 32.1. The number of rotatable bonds is 2. The molecule has 0 atom stereocenters. The Hall–Kier alpha value is -1.16. The van der Waals surface area contributed by atoms with Crippen molar-refractivity contribution in [3.8, 4) is 0 Å². The number of nitrogen functional groups attached to an aromatic ring is 1. The molecule has 1 heterocycles. The fraction of sp³-hybridized carbons (Fsp3) is 0.125. The number of thiol groups is 1. The molecule has 1 aromatic heterocycles. The second kappa shape index (κ2) is 4.01. The summed E-state index contributed by atoms with van der Waals surface area (Å²) in [6, 6.07) is 1.62. The van der Waals surface area contributed by atoms with E-state index < -0.39 is 0 Å². The van der Waals surface area contributed by atoms with E-state index in [1.54, 1.807) is 12.3 Å². The molecule has 4 heteroatoms. The van der Waals surface area contributed by atoms with Crippen LogP contribution in [0.4, 0.5) is 5.69 Å². The van der Waals surface area contributed by atoms with Crippen LogP contribution in [0, 0.1) is 0 Å². The molecule has 0 aliphatic rings. The predicted octanol–water partition coefficient (Wildman–Crippen LogP) is 0.900. The maximum Gasteiger partial charge on any atom is 0.271 e. The number of hydrogen-bond donors (Lipinski definition) is 3. The van der Waals surface area contributed by atoms with Crippen molar-refractivity contribution < 1.29 is 0 Å². The Balaban J connectivity index is 2.97. The largest absolute Gasteiger partial charge is 0.394 e. The first-order valence-corrected chi connectivity index (χ1v) is 4.13. The molecule has 0 amide bonds. The van der Waals surface area contributed by atoms with Crippen LogP contribution < -0.4 is 11.3 Å². The van der Waals surface area contributed by atoms with Gasteiger partial charge in [-0.05, 0) is 11.6 Å². The summed E-state index contributed by atoms with van der Waals surface area (Å²) in [5, 5.41) is 0. The van der Waals surface area contributed by atoms with Crippen LogP contribution in [0.3, 0.4) is 0 Å². The normalized spacial score (nSPS) is 10.8. The first-order chi connectivity index (χ1) is 5.74. The molecule has 64 valence electrons. The molecule has 0 aliphatic heterocycles. The molecule has 12 heavy (non-hydrogen) atoms. The van der Waals surface area contributed by atoms with E-state index in [4.69, 9.17) is 5.73 Å². The summed E-state index contributed by atoms with van der Waals surface area (Å²) in [4.78, 5) is 13.3. The Morgan fingerprint density at radius 3 is 3.00 bits per heavy atom. The molecular formula is C8H10N2OS. The third kappa shape index (κ3) is 2.17. The van der Waals surface area contributed by atoms with Crippen molar-refractivity contribution >= 4 is 24.4 Å². The molecule has 0 radical (unpaired) electrons. The lowest BCUT2D eigenvalue weighted by atomic mass is 10.2. The minimum Gasteiger partial charge on any atom is -0.394 e. The SMILES string of the molecule is Nc1cc(C=CCS)c[nH]c1=O. The molecule has 1 rings (SSSR count). The lowest BCUT2D eigenvalue weighted by molar-refractivity contribution is 1.24. The second-order valence-corrected chi connectivity index (χ2v) is 2.67. The zero-order valence-electron chi connectivity index (χ0n) is 6.45. The number of hydrogen-bond acceptors (Lipinski definition) is 3. The van der Waals surface area contributed by atoms with E-state index in [-0.39, 0.29) is 11.2 Å². The van der Waals surface area contributed by atoms with Crippen LogP contribution in [0.5, 0.6) is 0 Å². The van der Waals surface area contributed by atoms with E-state index >= 15 is 0 Å². The van der Waals surface area contributed by atoms with Gasteiger partial charge in [0.25, 0.3) is 5.56 Å². The van der Waals surface area contributed by atoms with Gasteiger partial charge in [0, 0.05) is 11.9 Å². The third-order valence-electron chi connectivity index (χ3n) is 1.37. The molecule has 0 aromatic carbocycles. The van der Waals surface area contributed by atoms with Crippen LogP contribution >= 0.6 is 12.6 Å². The van der Waals surface area contributed by atoms with Gasteiger partial charge < -0.3 is 10.7 Å². The molecule has 0 saturated heterocycles. The van der Waals surface area contributed by atoms with Crippen LogP contribution in [-0.2, 0) is 0 Å². The van der Waals surface area contributed by atoms with Gasteiger partial charge in [0.2, 0.25) is 0 Å². The number of aromatic amines is 1. The highest BCUT2D eigenvalue weighted by molar-refractivity contribution is 7.80. The van der Waals surface area contributed by atoms with Crippen molar-refractivity contribution in [1.82, 2.24) is 4.98 Å². The van der Waals surface area contributed by atoms with Gasteiger partial charge in [0.15, 0.2) is 0 Å². The number of aromatic nitrogens is 1. The van der Waals surface area contributed by atoms with E-state index in [1.165, 1.54) is 0 Å². The predicted molar refractivity (Wildman–Crippen MR) is 54.4 cm³/mol. The van der Waals surface area contributed by atoms with Crippen molar-refractivity contribution in [2.24, 2.45) is 0 Å². The first kappa shape index (κ1) is 8.93. The third-order valence-corrected chi connectivity index (χ3v) is 1.58. The summed E-state index contributed by atoms with van der Waals surface area (Å²) in [5.41, 5.74) is 6.25. The summed E-state index contributed by atoms with van der Waals surface area (Å²) in [6.45, 7) is 0.